The Bertz CT molecular complexity index is 1200. The fourth-order valence-corrected chi connectivity index (χ4v) is 4.61. The number of nitrogens with zero attached hydrogens (tertiary/aromatic N) is 3. The van der Waals surface area contributed by atoms with Gasteiger partial charge in [-0.15, -0.1) is 5.10 Å². The Morgan fingerprint density at radius 3 is 2.76 bits per heavy atom. The van der Waals surface area contributed by atoms with E-state index in [-0.39, 0.29) is 5.91 Å². The third-order valence-electron chi connectivity index (χ3n) is 5.30. The molecule has 2 heterocycles. The number of carbonyl (C=O) groups is 2. The molecule has 0 bridgehead atoms. The van der Waals surface area contributed by atoms with Crippen LogP contribution in [0.4, 0.5) is 0 Å². The molecular weight excluding hydrogens is 440 g/mol. The minimum Gasteiger partial charge on any atom is -0.481 e. The van der Waals surface area contributed by atoms with Gasteiger partial charge in [0, 0.05) is 16.5 Å². The number of aliphatic carboxylic acids is 1. The number of hydrazone groups is 1. The largest absolute Gasteiger partial charge is 0.481 e. The predicted molar refractivity (Wildman–Crippen MR) is 127 cm³/mol. The van der Waals surface area contributed by atoms with Crippen LogP contribution in [0, 0.1) is 0 Å². The van der Waals surface area contributed by atoms with Crippen LogP contribution >= 0.6 is 11.8 Å². The number of hydrogen-bond donors (Lipinski definition) is 2. The van der Waals surface area contributed by atoms with Crippen LogP contribution in [0.2, 0.25) is 0 Å². The summed E-state index contributed by atoms with van der Waals surface area (Å²) < 4.78 is 5.53. The average Bonchev–Trinajstić information content (AvgIpc) is 2.82. The zero-order valence-electron chi connectivity index (χ0n) is 18.4. The Kier molecular flexibility index (Phi) is 7.29. The molecule has 0 aliphatic carbocycles. The third kappa shape index (κ3) is 5.19. The van der Waals surface area contributed by atoms with Gasteiger partial charge >= 0.3 is 5.97 Å². The molecule has 1 atom stereocenters. The molecule has 2 aromatic carbocycles. The molecule has 8 nitrogen and oxygen atoms in total. The van der Waals surface area contributed by atoms with E-state index < -0.39 is 18.7 Å². The van der Waals surface area contributed by atoms with E-state index in [0.29, 0.717) is 32.8 Å². The number of para-hydroxylation sites is 2. The number of amides is 1. The number of carboxylic acid groups (broad SMARTS) is 1. The van der Waals surface area contributed by atoms with Gasteiger partial charge in [-0.3, -0.25) is 15.1 Å². The van der Waals surface area contributed by atoms with E-state index in [1.807, 2.05) is 36.4 Å². The number of carbonyl (C=O) groups excluding carboxylic acids is 1. The van der Waals surface area contributed by atoms with Gasteiger partial charge < -0.3 is 9.84 Å². The van der Waals surface area contributed by atoms with E-state index in [1.165, 1.54) is 24.6 Å². The van der Waals surface area contributed by atoms with Crippen molar-refractivity contribution in [3.63, 3.8) is 0 Å². The van der Waals surface area contributed by atoms with Crippen LogP contribution in [-0.4, -0.2) is 39.5 Å². The van der Waals surface area contributed by atoms with Gasteiger partial charge in [0.2, 0.25) is 0 Å². The van der Waals surface area contributed by atoms with Crippen LogP contribution in [0.25, 0.3) is 5.70 Å². The summed E-state index contributed by atoms with van der Waals surface area (Å²) in [5.74, 6) is -0.0568. The second-order valence-electron chi connectivity index (χ2n) is 7.70. The zero-order chi connectivity index (χ0) is 23.2. The van der Waals surface area contributed by atoms with E-state index in [1.54, 1.807) is 17.1 Å². The molecule has 4 rings (SSSR count). The van der Waals surface area contributed by atoms with E-state index in [4.69, 9.17) is 19.9 Å². The summed E-state index contributed by atoms with van der Waals surface area (Å²) in [6.07, 6.45) is 3.88. The molecule has 2 aliphatic heterocycles. The van der Waals surface area contributed by atoms with Crippen LogP contribution in [0.5, 0.6) is 5.75 Å². The maximum Gasteiger partial charge on any atom is 0.341 e. The van der Waals surface area contributed by atoms with Crippen molar-refractivity contribution < 1.29 is 19.4 Å². The monoisotopic (exact) mass is 466 g/mol. The van der Waals surface area contributed by atoms with Crippen molar-refractivity contribution in [2.24, 2.45) is 10.1 Å². The maximum atomic E-state index is 13.2. The Hall–Kier alpha value is -3.33. The van der Waals surface area contributed by atoms with Crippen LogP contribution in [0.1, 0.15) is 44.3 Å². The second kappa shape index (κ2) is 10.5. The van der Waals surface area contributed by atoms with Crippen molar-refractivity contribution >= 4 is 34.5 Å². The molecule has 0 saturated carbocycles. The quantitative estimate of drug-likeness (QED) is 0.551. The van der Waals surface area contributed by atoms with E-state index in [2.05, 4.69) is 12.2 Å². The third-order valence-corrected chi connectivity index (χ3v) is 6.25. The van der Waals surface area contributed by atoms with Crippen molar-refractivity contribution in [2.75, 3.05) is 12.4 Å². The average molecular weight is 467 g/mol. The molecule has 1 unspecified atom stereocenters. The minimum atomic E-state index is -1.07. The Balaban J connectivity index is 1.73. The molecule has 0 fully saturated rings. The van der Waals surface area contributed by atoms with Crippen molar-refractivity contribution in [3.05, 3.63) is 64.7 Å². The molecule has 1 amide bonds. The molecule has 0 aromatic heterocycles. The number of nitrogens with one attached hydrogen (secondary N) is 1. The molecule has 33 heavy (non-hydrogen) atoms. The highest BCUT2D eigenvalue weighted by molar-refractivity contribution is 8.13. The topological polar surface area (TPSA) is 104 Å². The first-order chi connectivity index (χ1) is 16.1. The van der Waals surface area contributed by atoms with Crippen LogP contribution in [0.3, 0.4) is 0 Å². The van der Waals surface area contributed by atoms with Crippen LogP contribution in [0.15, 0.2) is 58.6 Å². The number of rotatable bonds is 9. The number of carboxylic acids is 1. The van der Waals surface area contributed by atoms with Crippen LogP contribution < -0.4 is 20.6 Å². The lowest BCUT2D eigenvalue weighted by Crippen LogP contribution is -2.50. The van der Waals surface area contributed by atoms with Crippen molar-refractivity contribution in [2.45, 2.75) is 38.8 Å². The lowest BCUT2D eigenvalue weighted by molar-refractivity contribution is -0.139. The summed E-state index contributed by atoms with van der Waals surface area (Å²) >= 11 is 1.52. The Morgan fingerprint density at radius 2 is 1.94 bits per heavy atom. The lowest BCUT2D eigenvalue weighted by atomic mass is 10.1. The number of ether oxygens (including phenoxy) is 1. The summed E-state index contributed by atoms with van der Waals surface area (Å²) in [5, 5.41) is 20.2. The molecule has 0 radical (unpaired) electrons. The number of hydrogen-bond acceptors (Lipinski definition) is 7. The predicted octanol–water partition coefficient (Wildman–Crippen LogP) is 2.61. The zero-order valence-corrected chi connectivity index (χ0v) is 19.2. The number of thioether (sulfide) groups is 1. The molecular formula is C24H26N4O4S. The molecule has 0 spiro atoms. The summed E-state index contributed by atoms with van der Waals surface area (Å²) in [6.45, 7) is 1.70. The van der Waals surface area contributed by atoms with E-state index in [0.717, 1.165) is 18.6 Å². The Labute approximate surface area is 196 Å². The summed E-state index contributed by atoms with van der Waals surface area (Å²) in [5.41, 5.74) is 1.05. The number of unbranched alkanes of at least 4 members (excludes halogenated alkanes) is 3. The normalized spacial score (nSPS) is 16.8. The van der Waals surface area contributed by atoms with Gasteiger partial charge in [0.15, 0.2) is 17.9 Å². The first-order valence-corrected chi connectivity index (χ1v) is 12.0. The smallest absolute Gasteiger partial charge is 0.341 e. The SMILES string of the molecule is CCCCCCSC1=NN2C(=c3ccccc3=NC2c2ccccc2OCC(=O)O)C(=O)N1. The van der Waals surface area contributed by atoms with Gasteiger partial charge in [-0.25, -0.2) is 9.80 Å². The standard InChI is InChI=1S/C24H26N4O4S/c1-2-3-4-9-14-33-24-26-23(31)21-16-10-5-7-12-18(16)25-22(28(21)27-24)17-11-6-8-13-19(17)32-15-20(29)30/h5-8,10-13,22H,2-4,9,14-15H2,1H3,(H,29,30)(H,26,27,31). The van der Waals surface area contributed by atoms with Crippen molar-refractivity contribution in [1.82, 2.24) is 10.3 Å². The van der Waals surface area contributed by atoms with Gasteiger partial charge in [-0.05, 0) is 18.6 Å². The highest BCUT2D eigenvalue weighted by atomic mass is 32.2. The molecule has 2 N–H and O–H groups in total. The summed E-state index contributed by atoms with van der Waals surface area (Å²) in [6, 6.07) is 14.5. The molecule has 172 valence electrons. The molecule has 2 aliphatic rings. The van der Waals surface area contributed by atoms with Crippen molar-refractivity contribution in [1.29, 1.82) is 0 Å². The van der Waals surface area contributed by atoms with Crippen molar-refractivity contribution in [3.8, 4) is 5.75 Å². The van der Waals surface area contributed by atoms with E-state index in [9.17, 15) is 9.59 Å². The first kappa shape index (κ1) is 22.8. The Morgan fingerprint density at radius 1 is 1.15 bits per heavy atom. The maximum absolute atomic E-state index is 13.2. The minimum absolute atomic E-state index is 0.239. The number of benzene rings is 2. The second-order valence-corrected chi connectivity index (χ2v) is 8.79. The van der Waals surface area contributed by atoms with Gasteiger partial charge in [0.25, 0.3) is 5.91 Å². The van der Waals surface area contributed by atoms with Gasteiger partial charge in [-0.1, -0.05) is 74.3 Å². The highest BCUT2D eigenvalue weighted by Crippen LogP contribution is 2.35. The lowest BCUT2D eigenvalue weighted by Gasteiger charge is -2.34. The van der Waals surface area contributed by atoms with Gasteiger partial charge in [0.05, 0.1) is 5.36 Å². The molecule has 2 aromatic rings. The fourth-order valence-electron chi connectivity index (χ4n) is 3.76. The highest BCUT2D eigenvalue weighted by Gasteiger charge is 2.35. The van der Waals surface area contributed by atoms with Crippen LogP contribution in [-0.2, 0) is 9.59 Å². The van der Waals surface area contributed by atoms with E-state index >= 15 is 0 Å². The van der Waals surface area contributed by atoms with Gasteiger partial charge in [-0.2, -0.15) is 0 Å². The van der Waals surface area contributed by atoms with Gasteiger partial charge in [0.1, 0.15) is 11.4 Å². The number of amidine groups is 1. The first-order valence-electron chi connectivity index (χ1n) is 11.0. The fraction of sp³-hybridized carbons (Fsp3) is 0.333. The summed E-state index contributed by atoms with van der Waals surface area (Å²) in [7, 11) is 0. The summed E-state index contributed by atoms with van der Waals surface area (Å²) in [4.78, 5) is 29.1. The molecule has 0 saturated heterocycles. The molecule has 9 heteroatoms. The number of fused-ring (bicyclic) bond motifs is 2.